The maximum Gasteiger partial charge on any atom is 0.193 e. The van der Waals surface area contributed by atoms with E-state index in [1.54, 1.807) is 0 Å². The molecule has 0 saturated heterocycles. The van der Waals surface area contributed by atoms with Gasteiger partial charge in [-0.15, -0.1) is 30.6 Å². The van der Waals surface area contributed by atoms with Gasteiger partial charge in [0.25, 0.3) is 0 Å². The van der Waals surface area contributed by atoms with E-state index in [4.69, 9.17) is 4.99 Å². The average Bonchev–Trinajstić information content (AvgIpc) is 2.88. The van der Waals surface area contributed by atoms with E-state index < -0.39 is 0 Å². The summed E-state index contributed by atoms with van der Waals surface area (Å²) in [6.07, 6.45) is 9.76. The van der Waals surface area contributed by atoms with Gasteiger partial charge in [-0.05, 0) is 39.0 Å². The smallest absolute Gasteiger partial charge is 0.193 e. The predicted octanol–water partition coefficient (Wildman–Crippen LogP) is 3.41. The van der Waals surface area contributed by atoms with Gasteiger partial charge in [-0.3, -0.25) is 4.99 Å². The molecule has 0 amide bonds. The van der Waals surface area contributed by atoms with Crippen LogP contribution in [-0.2, 0) is 0 Å². The molecule has 1 saturated carbocycles. The number of aliphatic imine (C=N–C) groups is 1. The molecule has 2 N–H and O–H groups in total. The Morgan fingerprint density at radius 2 is 2.14 bits per heavy atom. The van der Waals surface area contributed by atoms with Crippen molar-refractivity contribution in [3.8, 4) is 0 Å². The number of nitrogens with one attached hydrogen (secondary N) is 1. The molecule has 2 atom stereocenters. The number of allylic oxidation sites excluding steroid dienone is 1. The lowest BCUT2D eigenvalue weighted by atomic mass is 10.1. The minimum Gasteiger partial charge on any atom is -0.393 e. The largest absolute Gasteiger partial charge is 0.393 e. The summed E-state index contributed by atoms with van der Waals surface area (Å²) in [5.41, 5.74) is 0. The average molecular weight is 423 g/mol. The van der Waals surface area contributed by atoms with E-state index in [9.17, 15) is 5.11 Å². The van der Waals surface area contributed by atoms with E-state index in [2.05, 4.69) is 30.8 Å². The molecule has 1 rings (SSSR count). The van der Waals surface area contributed by atoms with E-state index in [0.717, 1.165) is 51.3 Å². The Morgan fingerprint density at radius 1 is 1.36 bits per heavy atom. The number of unbranched alkanes of at least 4 members (excludes halogenated alkanes) is 3. The van der Waals surface area contributed by atoms with Crippen molar-refractivity contribution in [3.05, 3.63) is 12.7 Å². The first-order valence-electron chi connectivity index (χ1n) is 8.47. The Morgan fingerprint density at radius 3 is 2.73 bits per heavy atom. The SMILES string of the molecule is C=CCCCCCN(C)C(=NCC1CCCC1O)NCC.I. The van der Waals surface area contributed by atoms with Gasteiger partial charge >= 0.3 is 0 Å². The molecule has 0 aromatic heterocycles. The molecular weight excluding hydrogens is 389 g/mol. The second-order valence-corrected chi connectivity index (χ2v) is 6.01. The first-order chi connectivity index (χ1) is 10.2. The van der Waals surface area contributed by atoms with Gasteiger partial charge in [-0.1, -0.05) is 18.9 Å². The van der Waals surface area contributed by atoms with Gasteiger partial charge in [0.05, 0.1) is 6.10 Å². The fourth-order valence-corrected chi connectivity index (χ4v) is 2.82. The lowest BCUT2D eigenvalue weighted by Gasteiger charge is -2.23. The molecule has 0 heterocycles. The highest BCUT2D eigenvalue weighted by atomic mass is 127. The number of hydrogen-bond acceptors (Lipinski definition) is 2. The third-order valence-electron chi connectivity index (χ3n) is 4.19. The van der Waals surface area contributed by atoms with Gasteiger partial charge in [-0.2, -0.15) is 0 Å². The van der Waals surface area contributed by atoms with Crippen molar-refractivity contribution in [1.29, 1.82) is 0 Å². The summed E-state index contributed by atoms with van der Waals surface area (Å²) in [7, 11) is 2.10. The summed E-state index contributed by atoms with van der Waals surface area (Å²) in [5, 5.41) is 13.2. The molecule has 1 aliphatic carbocycles. The lowest BCUT2D eigenvalue weighted by molar-refractivity contribution is 0.136. The number of rotatable bonds is 9. The van der Waals surface area contributed by atoms with E-state index in [-0.39, 0.29) is 30.1 Å². The van der Waals surface area contributed by atoms with Crippen LogP contribution in [0.25, 0.3) is 0 Å². The van der Waals surface area contributed by atoms with Gasteiger partial charge in [0.1, 0.15) is 0 Å². The molecule has 5 heteroatoms. The molecule has 0 aromatic carbocycles. The summed E-state index contributed by atoms with van der Waals surface area (Å²) < 4.78 is 0. The first kappa shape index (κ1) is 21.7. The number of aliphatic hydroxyl groups is 1. The molecule has 0 aliphatic heterocycles. The molecule has 0 aromatic rings. The van der Waals surface area contributed by atoms with Crippen molar-refractivity contribution in [3.63, 3.8) is 0 Å². The monoisotopic (exact) mass is 423 g/mol. The maximum atomic E-state index is 9.88. The quantitative estimate of drug-likeness (QED) is 0.197. The lowest BCUT2D eigenvalue weighted by Crippen LogP contribution is -2.40. The Balaban J connectivity index is 0.00000441. The van der Waals surface area contributed by atoms with Crippen LogP contribution in [0.1, 0.15) is 51.9 Å². The summed E-state index contributed by atoms with van der Waals surface area (Å²) in [4.78, 5) is 6.92. The van der Waals surface area contributed by atoms with Crippen LogP contribution in [0.4, 0.5) is 0 Å². The van der Waals surface area contributed by atoms with Crippen LogP contribution in [0.2, 0.25) is 0 Å². The van der Waals surface area contributed by atoms with Crippen molar-refractivity contribution < 1.29 is 5.11 Å². The topological polar surface area (TPSA) is 47.9 Å². The number of nitrogens with zero attached hydrogens (tertiary/aromatic N) is 2. The third kappa shape index (κ3) is 8.36. The molecular formula is C17H34IN3O. The van der Waals surface area contributed by atoms with E-state index in [1.165, 1.54) is 19.3 Å². The van der Waals surface area contributed by atoms with E-state index >= 15 is 0 Å². The zero-order chi connectivity index (χ0) is 15.5. The summed E-state index contributed by atoms with van der Waals surface area (Å²) in [6, 6.07) is 0. The second-order valence-electron chi connectivity index (χ2n) is 6.01. The molecule has 0 radical (unpaired) electrons. The molecule has 4 nitrogen and oxygen atoms in total. The third-order valence-corrected chi connectivity index (χ3v) is 4.19. The van der Waals surface area contributed by atoms with Crippen molar-refractivity contribution in [2.24, 2.45) is 10.9 Å². The van der Waals surface area contributed by atoms with Crippen molar-refractivity contribution in [2.45, 2.75) is 58.0 Å². The predicted molar refractivity (Wildman–Crippen MR) is 106 cm³/mol. The summed E-state index contributed by atoms with van der Waals surface area (Å²) in [5.74, 6) is 1.32. The van der Waals surface area contributed by atoms with Crippen molar-refractivity contribution in [1.82, 2.24) is 10.2 Å². The zero-order valence-corrected chi connectivity index (χ0v) is 16.6. The van der Waals surface area contributed by atoms with Crippen LogP contribution in [0.5, 0.6) is 0 Å². The van der Waals surface area contributed by atoms with Gasteiger partial charge in [0, 0.05) is 32.6 Å². The molecule has 0 bridgehead atoms. The summed E-state index contributed by atoms with van der Waals surface area (Å²) >= 11 is 0. The Kier molecular flexibility index (Phi) is 13.0. The minimum atomic E-state index is -0.152. The number of halogens is 1. The fraction of sp³-hybridized carbons (Fsp3) is 0.824. The molecule has 0 spiro atoms. The highest BCUT2D eigenvalue weighted by molar-refractivity contribution is 14.0. The van der Waals surface area contributed by atoms with Crippen molar-refractivity contribution >= 4 is 29.9 Å². The minimum absolute atomic E-state index is 0. The van der Waals surface area contributed by atoms with Crippen LogP contribution < -0.4 is 5.32 Å². The summed E-state index contributed by atoms with van der Waals surface area (Å²) in [6.45, 7) is 8.50. The van der Waals surface area contributed by atoms with Gasteiger partial charge in [-0.25, -0.2) is 0 Å². The molecule has 22 heavy (non-hydrogen) atoms. The normalized spacial score (nSPS) is 21.3. The van der Waals surface area contributed by atoms with Crippen LogP contribution in [0, 0.1) is 5.92 Å². The van der Waals surface area contributed by atoms with E-state index in [0.29, 0.717) is 5.92 Å². The van der Waals surface area contributed by atoms with Crippen LogP contribution in [0.3, 0.4) is 0 Å². The van der Waals surface area contributed by atoms with Gasteiger partial charge < -0.3 is 15.3 Å². The first-order valence-corrected chi connectivity index (χ1v) is 8.47. The van der Waals surface area contributed by atoms with E-state index in [1.807, 2.05) is 6.08 Å². The fourth-order valence-electron chi connectivity index (χ4n) is 2.82. The Hall–Kier alpha value is -0.300. The number of hydrogen-bond donors (Lipinski definition) is 2. The molecule has 2 unspecified atom stereocenters. The van der Waals surface area contributed by atoms with Crippen LogP contribution in [-0.4, -0.2) is 48.8 Å². The molecule has 1 fully saturated rings. The number of guanidine groups is 1. The number of aliphatic hydroxyl groups excluding tert-OH is 1. The maximum absolute atomic E-state index is 9.88. The van der Waals surface area contributed by atoms with Gasteiger partial charge in [0.15, 0.2) is 5.96 Å². The zero-order valence-electron chi connectivity index (χ0n) is 14.3. The molecule has 130 valence electrons. The molecule has 1 aliphatic rings. The second kappa shape index (κ2) is 13.2. The van der Waals surface area contributed by atoms with Crippen molar-refractivity contribution in [2.75, 3.05) is 26.7 Å². The Labute approximate surface area is 153 Å². The highest BCUT2D eigenvalue weighted by Gasteiger charge is 2.24. The van der Waals surface area contributed by atoms with Crippen LogP contribution in [0.15, 0.2) is 17.6 Å². The van der Waals surface area contributed by atoms with Crippen LogP contribution >= 0.6 is 24.0 Å². The Bertz CT molecular complexity index is 323. The van der Waals surface area contributed by atoms with Gasteiger partial charge in [0.2, 0.25) is 0 Å². The standard InChI is InChI=1S/C17H33N3O.HI/c1-4-6-7-8-9-13-20(3)17(18-5-2)19-14-15-11-10-12-16(15)21;/h4,15-16,21H,1,5-14H2,2-3H3,(H,18,19);1H. The highest BCUT2D eigenvalue weighted by Crippen LogP contribution is 2.25.